The third kappa shape index (κ3) is 3.35. The summed E-state index contributed by atoms with van der Waals surface area (Å²) in [6.07, 6.45) is 3.53. The Morgan fingerprint density at radius 2 is 2.24 bits per heavy atom. The predicted molar refractivity (Wildman–Crippen MR) is 93.3 cm³/mol. The van der Waals surface area contributed by atoms with E-state index in [1.807, 2.05) is 31.2 Å². The number of esters is 1. The third-order valence-electron chi connectivity index (χ3n) is 4.14. The van der Waals surface area contributed by atoms with Gasteiger partial charge in [0.05, 0.1) is 19.3 Å². The van der Waals surface area contributed by atoms with Crippen molar-refractivity contribution in [2.75, 3.05) is 19.0 Å². The van der Waals surface area contributed by atoms with Crippen LogP contribution in [0.3, 0.4) is 0 Å². The first-order valence-electron chi connectivity index (χ1n) is 8.34. The number of methoxy groups -OCH3 is 1. The number of nitrogens with one attached hydrogen (secondary N) is 1. The molecule has 25 heavy (non-hydrogen) atoms. The zero-order valence-corrected chi connectivity index (χ0v) is 14.7. The molecule has 1 aliphatic heterocycles. The number of fused-ring (bicyclic) bond motifs is 1. The fraction of sp³-hybridized carbons (Fsp3) is 0.389. The molecule has 0 spiro atoms. The zero-order valence-electron chi connectivity index (χ0n) is 14.7. The van der Waals surface area contributed by atoms with Crippen LogP contribution < -0.4 is 10.1 Å². The van der Waals surface area contributed by atoms with E-state index in [1.54, 1.807) is 4.68 Å². The van der Waals surface area contributed by atoms with Gasteiger partial charge in [-0.2, -0.15) is 10.1 Å². The van der Waals surface area contributed by atoms with Crippen molar-refractivity contribution in [1.82, 2.24) is 14.8 Å². The molecule has 1 unspecified atom stereocenters. The molecule has 1 N–H and O–H groups in total. The van der Waals surface area contributed by atoms with Crippen LogP contribution in [0.15, 0.2) is 41.9 Å². The van der Waals surface area contributed by atoms with Crippen molar-refractivity contribution in [3.05, 3.63) is 47.4 Å². The van der Waals surface area contributed by atoms with Crippen molar-refractivity contribution < 1.29 is 14.3 Å². The highest BCUT2D eigenvalue weighted by Crippen LogP contribution is 2.36. The number of hydrogen-bond acceptors (Lipinski definition) is 6. The second-order valence-electron chi connectivity index (χ2n) is 5.86. The molecule has 0 saturated carbocycles. The van der Waals surface area contributed by atoms with E-state index in [4.69, 9.17) is 9.47 Å². The van der Waals surface area contributed by atoms with E-state index < -0.39 is 12.0 Å². The van der Waals surface area contributed by atoms with Gasteiger partial charge in [0.1, 0.15) is 18.1 Å². The monoisotopic (exact) mass is 342 g/mol. The first-order chi connectivity index (χ1) is 12.2. The summed E-state index contributed by atoms with van der Waals surface area (Å²) in [6, 6.07) is 7.30. The molecule has 132 valence electrons. The van der Waals surface area contributed by atoms with Crippen molar-refractivity contribution in [3.8, 4) is 5.75 Å². The minimum absolute atomic E-state index is 0.395. The number of carbonyl (C=O) groups is 1. The number of aromatic nitrogens is 3. The van der Waals surface area contributed by atoms with Crippen molar-refractivity contribution in [2.45, 2.75) is 32.7 Å². The van der Waals surface area contributed by atoms with Gasteiger partial charge in [-0.05, 0) is 31.0 Å². The maximum atomic E-state index is 12.4. The summed E-state index contributed by atoms with van der Waals surface area (Å²) in [6.45, 7) is 4.62. The first kappa shape index (κ1) is 17.0. The second kappa shape index (κ2) is 7.38. The summed E-state index contributed by atoms with van der Waals surface area (Å²) >= 11 is 0. The average molecular weight is 342 g/mol. The normalized spacial score (nSPS) is 16.2. The summed E-state index contributed by atoms with van der Waals surface area (Å²) < 4.78 is 12.5. The van der Waals surface area contributed by atoms with Crippen molar-refractivity contribution >= 4 is 11.9 Å². The number of ether oxygens (including phenoxy) is 2. The molecule has 3 rings (SSSR count). The number of hydrogen-bond donors (Lipinski definition) is 1. The molecule has 0 amide bonds. The molecule has 0 bridgehead atoms. The van der Waals surface area contributed by atoms with E-state index >= 15 is 0 Å². The molecular formula is C18H22N4O3. The van der Waals surface area contributed by atoms with Crippen LogP contribution in [0.1, 0.15) is 38.3 Å². The smallest absolute Gasteiger partial charge is 0.338 e. The van der Waals surface area contributed by atoms with Gasteiger partial charge in [-0.15, -0.1) is 0 Å². The minimum Gasteiger partial charge on any atom is -0.494 e. The van der Waals surface area contributed by atoms with Gasteiger partial charge in [0.2, 0.25) is 5.95 Å². The number of allylic oxidation sites excluding steroid dienone is 1. The number of anilines is 1. The Balaban J connectivity index is 2.01. The fourth-order valence-electron chi connectivity index (χ4n) is 2.88. The van der Waals surface area contributed by atoms with Gasteiger partial charge >= 0.3 is 5.97 Å². The summed E-state index contributed by atoms with van der Waals surface area (Å²) in [5, 5.41) is 7.38. The summed E-state index contributed by atoms with van der Waals surface area (Å²) in [5.41, 5.74) is 2.10. The molecule has 1 aromatic heterocycles. The molecular weight excluding hydrogens is 320 g/mol. The molecule has 0 fully saturated rings. The van der Waals surface area contributed by atoms with E-state index in [2.05, 4.69) is 22.3 Å². The molecule has 2 heterocycles. The van der Waals surface area contributed by atoms with Crippen LogP contribution in [-0.4, -0.2) is 34.5 Å². The first-order valence-corrected chi connectivity index (χ1v) is 8.34. The number of rotatable bonds is 6. The van der Waals surface area contributed by atoms with Crippen molar-refractivity contribution in [2.24, 2.45) is 0 Å². The molecule has 1 aromatic carbocycles. The Morgan fingerprint density at radius 1 is 1.40 bits per heavy atom. The lowest BCUT2D eigenvalue weighted by molar-refractivity contribution is -0.136. The molecule has 7 heteroatoms. The lowest BCUT2D eigenvalue weighted by atomic mass is 9.95. The Kier molecular flexibility index (Phi) is 5.02. The Morgan fingerprint density at radius 3 is 3.00 bits per heavy atom. The predicted octanol–water partition coefficient (Wildman–Crippen LogP) is 2.92. The average Bonchev–Trinajstić information content (AvgIpc) is 3.08. The molecule has 0 aliphatic carbocycles. The van der Waals surface area contributed by atoms with Gasteiger partial charge in [0.25, 0.3) is 0 Å². The molecule has 2 aromatic rings. The van der Waals surface area contributed by atoms with Gasteiger partial charge in [-0.3, -0.25) is 0 Å². The van der Waals surface area contributed by atoms with Crippen LogP contribution in [-0.2, 0) is 9.53 Å². The Labute approximate surface area is 146 Å². The third-order valence-corrected chi connectivity index (χ3v) is 4.14. The largest absolute Gasteiger partial charge is 0.494 e. The molecule has 1 atom stereocenters. The van der Waals surface area contributed by atoms with E-state index in [0.29, 0.717) is 23.8 Å². The van der Waals surface area contributed by atoms with Crippen molar-refractivity contribution in [3.63, 3.8) is 0 Å². The highest BCUT2D eigenvalue weighted by atomic mass is 16.5. The standard InChI is InChI=1S/C18H22N4O3/c1-4-5-9-25-14-8-6-7-13(10-14)16-15(17(23)24-3)12(2)21-18-19-11-20-22(16)18/h6-8,10-11,16H,4-5,9H2,1-3H3,(H,19,20,21). The molecule has 0 saturated heterocycles. The Hall–Kier alpha value is -2.83. The molecule has 0 radical (unpaired) electrons. The number of benzene rings is 1. The van der Waals surface area contributed by atoms with E-state index in [0.717, 1.165) is 24.2 Å². The van der Waals surface area contributed by atoms with E-state index in [-0.39, 0.29) is 0 Å². The summed E-state index contributed by atoms with van der Waals surface area (Å²) in [4.78, 5) is 16.6. The fourth-order valence-corrected chi connectivity index (χ4v) is 2.88. The van der Waals surface area contributed by atoms with Crippen LogP contribution in [0.25, 0.3) is 0 Å². The number of carbonyl (C=O) groups excluding carboxylic acids is 1. The quantitative estimate of drug-likeness (QED) is 0.642. The maximum absolute atomic E-state index is 12.4. The zero-order chi connectivity index (χ0) is 17.8. The highest BCUT2D eigenvalue weighted by Gasteiger charge is 2.34. The minimum atomic E-state index is -0.416. The van der Waals surface area contributed by atoms with Crippen molar-refractivity contribution in [1.29, 1.82) is 0 Å². The molecule has 1 aliphatic rings. The number of unbranched alkanes of at least 4 members (excludes halogenated alkanes) is 1. The van der Waals surface area contributed by atoms with Gasteiger partial charge < -0.3 is 14.8 Å². The van der Waals surface area contributed by atoms with E-state index in [9.17, 15) is 4.79 Å². The van der Waals surface area contributed by atoms with Gasteiger partial charge in [-0.1, -0.05) is 25.5 Å². The maximum Gasteiger partial charge on any atom is 0.338 e. The van der Waals surface area contributed by atoms with Crippen LogP contribution in [0.2, 0.25) is 0 Å². The lowest BCUT2D eigenvalue weighted by Crippen LogP contribution is -2.29. The highest BCUT2D eigenvalue weighted by molar-refractivity contribution is 5.92. The van der Waals surface area contributed by atoms with Gasteiger partial charge in [-0.25, -0.2) is 9.48 Å². The SMILES string of the molecule is CCCCOc1cccc(C2C(C(=O)OC)=C(C)Nc3ncnn32)c1. The van der Waals surface area contributed by atoms with Crippen LogP contribution in [0.5, 0.6) is 5.75 Å². The van der Waals surface area contributed by atoms with Gasteiger partial charge in [0, 0.05) is 5.70 Å². The summed E-state index contributed by atoms with van der Waals surface area (Å²) in [7, 11) is 1.38. The molecule has 7 nitrogen and oxygen atoms in total. The van der Waals surface area contributed by atoms with Crippen LogP contribution in [0.4, 0.5) is 5.95 Å². The van der Waals surface area contributed by atoms with Gasteiger partial charge in [0.15, 0.2) is 0 Å². The van der Waals surface area contributed by atoms with Crippen LogP contribution >= 0.6 is 0 Å². The Bertz CT molecular complexity index is 797. The second-order valence-corrected chi connectivity index (χ2v) is 5.86. The number of nitrogens with zero attached hydrogens (tertiary/aromatic N) is 3. The lowest BCUT2D eigenvalue weighted by Gasteiger charge is -2.28. The topological polar surface area (TPSA) is 78.3 Å². The van der Waals surface area contributed by atoms with E-state index in [1.165, 1.54) is 13.4 Å². The van der Waals surface area contributed by atoms with Crippen LogP contribution in [0, 0.1) is 0 Å². The summed E-state index contributed by atoms with van der Waals surface area (Å²) in [5.74, 6) is 0.967.